The van der Waals surface area contributed by atoms with E-state index in [2.05, 4.69) is 0 Å². The number of carbonyl (C=O) groups excluding carboxylic acids is 4. The Labute approximate surface area is 248 Å². The molecule has 3 aliphatic rings. The number of anilines is 1. The second-order valence-corrected chi connectivity index (χ2v) is 11.0. The molecule has 0 unspecified atom stereocenters. The summed E-state index contributed by atoms with van der Waals surface area (Å²) in [5, 5.41) is 0. The minimum atomic E-state index is -1.60. The second kappa shape index (κ2) is 9.91. The first-order chi connectivity index (χ1) is 20.9. The number of carbonyl (C=O) groups is 4. The number of methoxy groups -OCH3 is 1. The number of fused-ring (bicyclic) bond motifs is 5. The van der Waals surface area contributed by atoms with Gasteiger partial charge in [-0.15, -0.1) is 0 Å². The third-order valence-electron chi connectivity index (χ3n) is 8.83. The van der Waals surface area contributed by atoms with Gasteiger partial charge in [-0.05, 0) is 53.6 Å². The van der Waals surface area contributed by atoms with Gasteiger partial charge in [0, 0.05) is 35.2 Å². The molecule has 0 N–H and O–H groups in total. The molecule has 7 rings (SSSR count). The van der Waals surface area contributed by atoms with Gasteiger partial charge in [0.15, 0.2) is 17.3 Å². The zero-order valence-corrected chi connectivity index (χ0v) is 23.5. The molecular formula is C36H27NO6. The molecule has 1 fully saturated rings. The first-order valence-corrected chi connectivity index (χ1v) is 14.1. The van der Waals surface area contributed by atoms with Crippen molar-refractivity contribution in [1.29, 1.82) is 0 Å². The van der Waals surface area contributed by atoms with Crippen LogP contribution >= 0.6 is 0 Å². The van der Waals surface area contributed by atoms with Crippen molar-refractivity contribution < 1.29 is 28.7 Å². The molecule has 0 saturated carbocycles. The van der Waals surface area contributed by atoms with Crippen molar-refractivity contribution in [2.24, 2.45) is 5.41 Å². The molecule has 4 aromatic rings. The Morgan fingerprint density at radius 2 is 1.47 bits per heavy atom. The van der Waals surface area contributed by atoms with Crippen molar-refractivity contribution in [3.05, 3.63) is 131 Å². The third-order valence-corrected chi connectivity index (χ3v) is 8.83. The fraction of sp³-hybridized carbons (Fsp3) is 0.167. The van der Waals surface area contributed by atoms with Gasteiger partial charge in [0.05, 0.1) is 13.2 Å². The van der Waals surface area contributed by atoms with Crippen LogP contribution in [0.15, 0.2) is 103 Å². The average Bonchev–Trinajstić information content (AvgIpc) is 3.47. The van der Waals surface area contributed by atoms with Crippen molar-refractivity contribution in [2.75, 3.05) is 12.0 Å². The lowest BCUT2D eigenvalue weighted by Crippen LogP contribution is -2.48. The molecule has 0 radical (unpaired) electrons. The van der Waals surface area contributed by atoms with Gasteiger partial charge in [-0.25, -0.2) is 0 Å². The van der Waals surface area contributed by atoms with Gasteiger partial charge >= 0.3 is 5.97 Å². The fourth-order valence-corrected chi connectivity index (χ4v) is 7.15. The Hall–Kier alpha value is -5.30. The minimum absolute atomic E-state index is 0.259. The zero-order valence-electron chi connectivity index (χ0n) is 23.5. The third kappa shape index (κ3) is 3.81. The van der Waals surface area contributed by atoms with Crippen molar-refractivity contribution in [2.45, 2.75) is 24.9 Å². The molecule has 0 aromatic heterocycles. The summed E-state index contributed by atoms with van der Waals surface area (Å²) in [6, 6.07) is 26.6. The Morgan fingerprint density at radius 3 is 2.14 bits per heavy atom. The van der Waals surface area contributed by atoms with E-state index in [0.717, 1.165) is 11.3 Å². The standard InChI is InChI=1S/C36H27NO6/c1-21(38)43-25-17-14-23(15-18-25)33(39)32-31(24-9-7-10-26(20-24)42-2)36(34(40)27-11-4-5-12-28(27)35(36)41)30-19-16-22-8-3-6-13-29(22)37(30)32/h3-20,30-32H,1-2H3/t30-,31-,32+/m1/s1. The molecule has 1 aliphatic carbocycles. The van der Waals surface area contributed by atoms with Gasteiger partial charge in [0.1, 0.15) is 23.0 Å². The summed E-state index contributed by atoms with van der Waals surface area (Å²) in [4.78, 5) is 57.7. The van der Waals surface area contributed by atoms with Crippen LogP contribution in [0, 0.1) is 5.41 Å². The number of benzene rings is 4. The summed E-state index contributed by atoms with van der Waals surface area (Å²) >= 11 is 0. The van der Waals surface area contributed by atoms with Crippen LogP contribution in [0.25, 0.3) is 6.08 Å². The molecule has 4 aromatic carbocycles. The SMILES string of the molecule is COc1cccc([C@@H]2[C@@H](C(=O)c3ccc(OC(C)=O)cc3)N3c4ccccc4C=C[C@@H]3C23C(=O)c2ccccc2C3=O)c1. The van der Waals surface area contributed by atoms with Crippen molar-refractivity contribution in [1.82, 2.24) is 0 Å². The monoisotopic (exact) mass is 569 g/mol. The van der Waals surface area contributed by atoms with Gasteiger partial charge in [-0.3, -0.25) is 19.2 Å². The van der Waals surface area contributed by atoms with Crippen LogP contribution in [0.3, 0.4) is 0 Å². The minimum Gasteiger partial charge on any atom is -0.497 e. The number of hydrogen-bond donors (Lipinski definition) is 0. The van der Waals surface area contributed by atoms with Gasteiger partial charge < -0.3 is 14.4 Å². The van der Waals surface area contributed by atoms with E-state index in [1.165, 1.54) is 6.92 Å². The zero-order chi connectivity index (χ0) is 29.9. The Balaban J connectivity index is 1.49. The van der Waals surface area contributed by atoms with Crippen LogP contribution in [0.1, 0.15) is 55.0 Å². The highest BCUT2D eigenvalue weighted by molar-refractivity contribution is 6.32. The van der Waals surface area contributed by atoms with Crippen LogP contribution in [0.5, 0.6) is 11.5 Å². The average molecular weight is 570 g/mol. The molecule has 43 heavy (non-hydrogen) atoms. The molecule has 0 amide bonds. The van der Waals surface area contributed by atoms with Crippen LogP contribution in [-0.2, 0) is 4.79 Å². The Morgan fingerprint density at radius 1 is 0.791 bits per heavy atom. The highest BCUT2D eigenvalue weighted by atomic mass is 16.5. The lowest BCUT2D eigenvalue weighted by molar-refractivity contribution is -0.131. The van der Waals surface area contributed by atoms with Crippen molar-refractivity contribution >= 4 is 35.1 Å². The van der Waals surface area contributed by atoms with E-state index >= 15 is 0 Å². The highest BCUT2D eigenvalue weighted by Crippen LogP contribution is 2.61. The number of esters is 1. The summed E-state index contributed by atoms with van der Waals surface area (Å²) in [6.07, 6.45) is 3.83. The van der Waals surface area contributed by atoms with E-state index in [1.54, 1.807) is 61.7 Å². The molecular weight excluding hydrogens is 542 g/mol. The van der Waals surface area contributed by atoms with E-state index in [9.17, 15) is 19.2 Å². The van der Waals surface area contributed by atoms with Gasteiger partial charge in [-0.2, -0.15) is 0 Å². The molecule has 3 atom stereocenters. The normalized spacial score (nSPS) is 20.9. The van der Waals surface area contributed by atoms with Crippen LogP contribution < -0.4 is 14.4 Å². The maximum absolute atomic E-state index is 14.8. The molecule has 1 spiro atoms. The lowest BCUT2D eigenvalue weighted by atomic mass is 9.64. The number of hydrogen-bond acceptors (Lipinski definition) is 7. The van der Waals surface area contributed by atoms with Gasteiger partial charge in [0.2, 0.25) is 0 Å². The summed E-state index contributed by atoms with van der Waals surface area (Å²) in [5.74, 6) is -1.28. The van der Waals surface area contributed by atoms with E-state index in [-0.39, 0.29) is 17.3 Å². The topological polar surface area (TPSA) is 90.0 Å². The van der Waals surface area contributed by atoms with Crippen LogP contribution in [-0.4, -0.2) is 42.5 Å². The first-order valence-electron chi connectivity index (χ1n) is 14.1. The molecule has 2 heterocycles. The fourth-order valence-electron chi connectivity index (χ4n) is 7.15. The first kappa shape index (κ1) is 26.6. The quantitative estimate of drug-likeness (QED) is 0.127. The number of para-hydroxylation sites is 1. The number of Topliss-reactive ketones (excluding diaryl/α,β-unsaturated/α-hetero) is 3. The predicted molar refractivity (Wildman–Crippen MR) is 161 cm³/mol. The molecule has 2 aliphatic heterocycles. The second-order valence-electron chi connectivity index (χ2n) is 11.0. The van der Waals surface area contributed by atoms with E-state index in [4.69, 9.17) is 9.47 Å². The maximum Gasteiger partial charge on any atom is 0.308 e. The number of ether oxygens (including phenoxy) is 2. The van der Waals surface area contributed by atoms with E-state index in [1.807, 2.05) is 59.5 Å². The largest absolute Gasteiger partial charge is 0.497 e. The molecule has 212 valence electrons. The van der Waals surface area contributed by atoms with E-state index < -0.39 is 29.4 Å². The molecule has 7 nitrogen and oxygen atoms in total. The smallest absolute Gasteiger partial charge is 0.308 e. The van der Waals surface area contributed by atoms with Crippen LogP contribution in [0.2, 0.25) is 0 Å². The highest BCUT2D eigenvalue weighted by Gasteiger charge is 2.71. The summed E-state index contributed by atoms with van der Waals surface area (Å²) < 4.78 is 10.7. The van der Waals surface area contributed by atoms with Gasteiger partial charge in [0.25, 0.3) is 0 Å². The van der Waals surface area contributed by atoms with Crippen LogP contribution in [0.4, 0.5) is 5.69 Å². The lowest BCUT2D eigenvalue weighted by Gasteiger charge is -2.37. The number of ketones is 3. The maximum atomic E-state index is 14.8. The summed E-state index contributed by atoms with van der Waals surface area (Å²) in [7, 11) is 1.56. The molecule has 0 bridgehead atoms. The number of rotatable bonds is 5. The molecule has 7 heteroatoms. The molecule has 1 saturated heterocycles. The summed E-state index contributed by atoms with van der Waals surface area (Å²) in [6.45, 7) is 1.31. The van der Waals surface area contributed by atoms with E-state index in [0.29, 0.717) is 33.8 Å². The number of nitrogens with zero attached hydrogens (tertiary/aromatic N) is 1. The Kier molecular flexibility index (Phi) is 6.13. The van der Waals surface area contributed by atoms with Crippen molar-refractivity contribution in [3.8, 4) is 11.5 Å². The Bertz CT molecular complexity index is 1820. The predicted octanol–water partition coefficient (Wildman–Crippen LogP) is 5.94. The van der Waals surface area contributed by atoms with Gasteiger partial charge in [-0.1, -0.05) is 66.7 Å². The van der Waals surface area contributed by atoms with Crippen molar-refractivity contribution in [3.63, 3.8) is 0 Å². The summed E-state index contributed by atoms with van der Waals surface area (Å²) in [5.41, 5.74) is 1.82.